The van der Waals surface area contributed by atoms with E-state index >= 15 is 0 Å². The van der Waals surface area contributed by atoms with Gasteiger partial charge in [0.1, 0.15) is 11.2 Å². The Bertz CT molecular complexity index is 946. The summed E-state index contributed by atoms with van der Waals surface area (Å²) in [6.45, 7) is 17.8. The van der Waals surface area contributed by atoms with E-state index in [1.54, 1.807) is 0 Å². The Morgan fingerprint density at radius 3 is 1.88 bits per heavy atom. The van der Waals surface area contributed by atoms with Crippen molar-refractivity contribution in [2.45, 2.75) is 66.2 Å². The molecule has 0 atom stereocenters. The lowest BCUT2D eigenvalue weighted by Gasteiger charge is -2.20. The lowest BCUT2D eigenvalue weighted by Crippen LogP contribution is -2.12. The van der Waals surface area contributed by atoms with Gasteiger partial charge in [-0.2, -0.15) is 0 Å². The van der Waals surface area contributed by atoms with Crippen LogP contribution in [0, 0.1) is 13.8 Å². The molecule has 3 rings (SSSR count). The highest BCUT2D eigenvalue weighted by Gasteiger charge is 2.27. The Kier molecular flexibility index (Phi) is 3.92. The standard InChI is InChI=1S/C22H27BrO/c1-12-9-14-17-18(23)13(2)11-16(22(6,7)8)20(17)24-19(14)15(10-12)21(3,4)5/h9-11H,1-8H3. The van der Waals surface area contributed by atoms with Crippen LogP contribution in [0.2, 0.25) is 0 Å². The van der Waals surface area contributed by atoms with Crippen LogP contribution in [-0.2, 0) is 10.8 Å². The van der Waals surface area contributed by atoms with Crippen LogP contribution >= 0.6 is 15.9 Å². The van der Waals surface area contributed by atoms with Gasteiger partial charge < -0.3 is 4.42 Å². The Morgan fingerprint density at radius 2 is 1.33 bits per heavy atom. The van der Waals surface area contributed by atoms with E-state index in [0.29, 0.717) is 0 Å². The summed E-state index contributed by atoms with van der Waals surface area (Å²) < 4.78 is 7.68. The molecule has 2 heteroatoms. The van der Waals surface area contributed by atoms with E-state index in [1.807, 2.05) is 0 Å². The van der Waals surface area contributed by atoms with Gasteiger partial charge in [0.05, 0.1) is 0 Å². The third-order valence-electron chi connectivity index (χ3n) is 4.72. The molecule has 0 aliphatic rings. The van der Waals surface area contributed by atoms with Crippen molar-refractivity contribution in [2.75, 3.05) is 0 Å². The molecule has 0 spiro atoms. The number of fused-ring (bicyclic) bond motifs is 3. The van der Waals surface area contributed by atoms with Crippen molar-refractivity contribution >= 4 is 37.9 Å². The largest absolute Gasteiger partial charge is 0.455 e. The summed E-state index contributed by atoms with van der Waals surface area (Å²) in [6.07, 6.45) is 0. The van der Waals surface area contributed by atoms with E-state index in [9.17, 15) is 0 Å². The molecule has 0 saturated heterocycles. The second-order valence-corrected chi connectivity index (χ2v) is 9.84. The zero-order chi connectivity index (χ0) is 18.0. The molecule has 0 fully saturated rings. The van der Waals surface area contributed by atoms with Gasteiger partial charge in [-0.3, -0.25) is 0 Å². The molecule has 0 radical (unpaired) electrons. The van der Waals surface area contributed by atoms with Crippen LogP contribution in [0.25, 0.3) is 21.9 Å². The van der Waals surface area contributed by atoms with Crippen LogP contribution in [0.4, 0.5) is 0 Å². The van der Waals surface area contributed by atoms with E-state index in [4.69, 9.17) is 4.42 Å². The molecule has 0 N–H and O–H groups in total. The normalized spacial score (nSPS) is 13.2. The maximum absolute atomic E-state index is 6.53. The van der Waals surface area contributed by atoms with Crippen molar-refractivity contribution in [1.82, 2.24) is 0 Å². The molecule has 1 heterocycles. The average molecular weight is 387 g/mol. The predicted octanol–water partition coefficient (Wildman–Crippen LogP) is 7.56. The van der Waals surface area contributed by atoms with Gasteiger partial charge in [0.15, 0.2) is 0 Å². The highest BCUT2D eigenvalue weighted by atomic mass is 79.9. The van der Waals surface area contributed by atoms with Crippen molar-refractivity contribution in [3.8, 4) is 0 Å². The SMILES string of the molecule is Cc1cc(C(C)(C)C)c2oc3c(C(C)(C)C)cc(C)c(Br)c3c2c1. The number of hydrogen-bond donors (Lipinski definition) is 0. The number of benzene rings is 2. The summed E-state index contributed by atoms with van der Waals surface area (Å²) in [5, 5.41) is 2.43. The fourth-order valence-corrected chi connectivity index (χ4v) is 3.92. The summed E-state index contributed by atoms with van der Waals surface area (Å²) in [4.78, 5) is 0. The molecule has 1 nitrogen and oxygen atoms in total. The van der Waals surface area contributed by atoms with Crippen LogP contribution in [0.3, 0.4) is 0 Å². The number of hydrogen-bond acceptors (Lipinski definition) is 1. The topological polar surface area (TPSA) is 13.1 Å². The summed E-state index contributed by atoms with van der Waals surface area (Å²) in [6, 6.07) is 6.79. The zero-order valence-corrected chi connectivity index (χ0v) is 17.6. The number of aryl methyl sites for hydroxylation is 2. The van der Waals surface area contributed by atoms with E-state index < -0.39 is 0 Å². The molecule has 2 aromatic carbocycles. The van der Waals surface area contributed by atoms with Gasteiger partial charge >= 0.3 is 0 Å². The average Bonchev–Trinajstić information content (AvgIpc) is 2.78. The molecular formula is C22H27BrO. The Labute approximate surface area is 153 Å². The first kappa shape index (κ1) is 17.5. The predicted molar refractivity (Wildman–Crippen MR) is 108 cm³/mol. The molecule has 0 aliphatic carbocycles. The minimum Gasteiger partial charge on any atom is -0.455 e. The highest BCUT2D eigenvalue weighted by Crippen LogP contribution is 2.44. The third kappa shape index (κ3) is 2.69. The second kappa shape index (κ2) is 5.36. The van der Waals surface area contributed by atoms with E-state index in [0.717, 1.165) is 15.6 Å². The summed E-state index contributed by atoms with van der Waals surface area (Å²) in [5.74, 6) is 0. The van der Waals surface area contributed by atoms with Crippen LogP contribution in [0.15, 0.2) is 27.1 Å². The first-order valence-electron chi connectivity index (χ1n) is 8.58. The summed E-state index contributed by atoms with van der Waals surface area (Å²) in [7, 11) is 0. The quantitative estimate of drug-likeness (QED) is 0.388. The smallest absolute Gasteiger partial charge is 0.140 e. The molecule has 0 amide bonds. The van der Waals surface area contributed by atoms with Gasteiger partial charge in [0.25, 0.3) is 0 Å². The van der Waals surface area contributed by atoms with E-state index in [2.05, 4.69) is 89.5 Å². The van der Waals surface area contributed by atoms with Crippen molar-refractivity contribution in [3.05, 3.63) is 44.9 Å². The fourth-order valence-electron chi connectivity index (χ4n) is 3.41. The molecule has 0 aliphatic heterocycles. The molecule has 0 saturated carbocycles. The maximum atomic E-state index is 6.53. The minimum atomic E-state index is 0.0362. The Balaban J connectivity index is 2.60. The van der Waals surface area contributed by atoms with Crippen molar-refractivity contribution in [2.24, 2.45) is 0 Å². The lowest BCUT2D eigenvalue weighted by molar-refractivity contribution is 0.556. The van der Waals surface area contributed by atoms with Crippen LogP contribution in [0.1, 0.15) is 63.8 Å². The molecule has 1 aromatic heterocycles. The van der Waals surface area contributed by atoms with Gasteiger partial charge in [0.2, 0.25) is 0 Å². The van der Waals surface area contributed by atoms with Crippen LogP contribution in [-0.4, -0.2) is 0 Å². The highest BCUT2D eigenvalue weighted by molar-refractivity contribution is 9.10. The van der Waals surface area contributed by atoms with Gasteiger partial charge in [0, 0.05) is 26.4 Å². The second-order valence-electron chi connectivity index (χ2n) is 9.05. The van der Waals surface area contributed by atoms with Gasteiger partial charge in [-0.05, 0) is 57.8 Å². The number of rotatable bonds is 0. The molecule has 128 valence electrons. The number of halogens is 1. The van der Waals surface area contributed by atoms with Gasteiger partial charge in [-0.25, -0.2) is 0 Å². The van der Waals surface area contributed by atoms with Crippen LogP contribution < -0.4 is 0 Å². The summed E-state index contributed by atoms with van der Waals surface area (Å²) >= 11 is 3.82. The Hall–Kier alpha value is -1.28. The number of furan rings is 1. The molecule has 3 aromatic rings. The molecule has 0 unspecified atom stereocenters. The first-order chi connectivity index (χ1) is 10.9. The minimum absolute atomic E-state index is 0.0362. The Morgan fingerprint density at radius 1 is 0.792 bits per heavy atom. The van der Waals surface area contributed by atoms with E-state index in [1.165, 1.54) is 33.0 Å². The van der Waals surface area contributed by atoms with E-state index in [-0.39, 0.29) is 10.8 Å². The zero-order valence-electron chi connectivity index (χ0n) is 16.0. The monoisotopic (exact) mass is 386 g/mol. The first-order valence-corrected chi connectivity index (χ1v) is 9.37. The lowest BCUT2D eigenvalue weighted by atomic mass is 9.83. The van der Waals surface area contributed by atoms with Gasteiger partial charge in [-0.15, -0.1) is 0 Å². The maximum Gasteiger partial charge on any atom is 0.140 e. The summed E-state index contributed by atoms with van der Waals surface area (Å²) in [5.41, 5.74) is 7.21. The van der Waals surface area contributed by atoms with Gasteiger partial charge in [-0.1, -0.05) is 53.7 Å². The van der Waals surface area contributed by atoms with Crippen molar-refractivity contribution in [1.29, 1.82) is 0 Å². The molecule has 24 heavy (non-hydrogen) atoms. The fraction of sp³-hybridized carbons (Fsp3) is 0.455. The third-order valence-corrected chi connectivity index (χ3v) is 5.74. The molecular weight excluding hydrogens is 360 g/mol. The molecule has 0 bridgehead atoms. The van der Waals surface area contributed by atoms with Crippen molar-refractivity contribution in [3.63, 3.8) is 0 Å². The van der Waals surface area contributed by atoms with Crippen molar-refractivity contribution < 1.29 is 4.42 Å². The van der Waals surface area contributed by atoms with Crippen LogP contribution in [0.5, 0.6) is 0 Å².